The van der Waals surface area contributed by atoms with E-state index < -0.39 is 0 Å². The number of carbonyl (C=O) groups is 1. The van der Waals surface area contributed by atoms with Crippen molar-refractivity contribution in [3.63, 3.8) is 0 Å². The zero-order valence-electron chi connectivity index (χ0n) is 20.1. The Bertz CT molecular complexity index is 1840. The van der Waals surface area contributed by atoms with Crippen LogP contribution in [0.15, 0.2) is 67.1 Å². The summed E-state index contributed by atoms with van der Waals surface area (Å²) < 4.78 is 13.9. The molecular weight excluding hydrogens is 483 g/mol. The number of nitrogens with one attached hydrogen (secondary N) is 3. The number of hydrogen-bond donors (Lipinski definition) is 3. The lowest BCUT2D eigenvalue weighted by Gasteiger charge is -2.24. The number of nitrogens with zero attached hydrogens (tertiary/aromatic N) is 5. The molecule has 1 aliphatic carbocycles. The molecule has 1 fully saturated rings. The SMILES string of the molecule is O=C(Nc1cncc(-c2ccc3[nH]nc(-c4nc5c(-c6cccc(F)c6)nccc5[nH]4)c3n2)c1)C1CCC1. The molecule has 186 valence electrons. The molecule has 0 atom stereocenters. The van der Waals surface area contributed by atoms with E-state index in [2.05, 4.69) is 30.5 Å². The highest BCUT2D eigenvalue weighted by molar-refractivity contribution is 5.96. The van der Waals surface area contributed by atoms with E-state index in [4.69, 9.17) is 9.97 Å². The molecule has 0 unspecified atom stereocenters. The molecule has 5 heterocycles. The highest BCUT2D eigenvalue weighted by Crippen LogP contribution is 2.32. The predicted molar refractivity (Wildman–Crippen MR) is 141 cm³/mol. The maximum absolute atomic E-state index is 13.9. The first kappa shape index (κ1) is 22.2. The predicted octanol–water partition coefficient (Wildman–Crippen LogP) is 5.50. The van der Waals surface area contributed by atoms with Crippen LogP contribution in [-0.4, -0.2) is 41.0 Å². The standard InChI is InChI=1S/C28H21FN8O/c29-18-6-2-5-16(11-18)23-24-21(9-10-31-23)34-27(35-24)26-25-22(36-37-26)8-7-20(33-25)17-12-19(14-30-13-17)32-28(38)15-3-1-4-15/h2,5-15H,1,3-4H2,(H,32,38)(H,34,35)(H,36,37). The van der Waals surface area contributed by atoms with E-state index >= 15 is 0 Å². The van der Waals surface area contributed by atoms with E-state index in [1.165, 1.54) is 12.1 Å². The molecule has 0 spiro atoms. The van der Waals surface area contributed by atoms with Crippen LogP contribution >= 0.6 is 0 Å². The number of aromatic nitrogens is 7. The van der Waals surface area contributed by atoms with Crippen molar-refractivity contribution in [2.24, 2.45) is 5.92 Å². The third-order valence-electron chi connectivity index (χ3n) is 6.91. The molecule has 1 saturated carbocycles. The van der Waals surface area contributed by atoms with Crippen LogP contribution in [-0.2, 0) is 4.79 Å². The number of carbonyl (C=O) groups excluding carboxylic acids is 1. The lowest BCUT2D eigenvalue weighted by molar-refractivity contribution is -0.122. The number of amides is 1. The average molecular weight is 505 g/mol. The molecule has 5 aromatic heterocycles. The Balaban J connectivity index is 1.26. The number of pyridine rings is 3. The Morgan fingerprint density at radius 2 is 1.84 bits per heavy atom. The summed E-state index contributed by atoms with van der Waals surface area (Å²) in [5.74, 6) is 0.296. The molecule has 3 N–H and O–H groups in total. The average Bonchev–Trinajstić information content (AvgIpc) is 3.51. The molecule has 1 aromatic carbocycles. The molecule has 7 rings (SSSR count). The second kappa shape index (κ2) is 8.84. The molecule has 1 aliphatic rings. The largest absolute Gasteiger partial charge is 0.336 e. The van der Waals surface area contributed by atoms with Gasteiger partial charge in [0.25, 0.3) is 0 Å². The van der Waals surface area contributed by atoms with E-state index in [9.17, 15) is 9.18 Å². The van der Waals surface area contributed by atoms with Crippen molar-refractivity contribution in [3.8, 4) is 34.0 Å². The quantitative estimate of drug-likeness (QED) is 0.285. The number of H-pyrrole nitrogens is 2. The summed E-state index contributed by atoms with van der Waals surface area (Å²) in [5, 5.41) is 10.5. The minimum Gasteiger partial charge on any atom is -0.336 e. The molecule has 0 aliphatic heterocycles. The fourth-order valence-corrected chi connectivity index (χ4v) is 4.68. The van der Waals surface area contributed by atoms with E-state index in [1.54, 1.807) is 30.7 Å². The summed E-state index contributed by atoms with van der Waals surface area (Å²) >= 11 is 0. The van der Waals surface area contributed by atoms with Gasteiger partial charge in [0.1, 0.15) is 16.9 Å². The molecule has 0 saturated heterocycles. The number of aromatic amines is 2. The van der Waals surface area contributed by atoms with Crippen LogP contribution in [0.4, 0.5) is 10.1 Å². The van der Waals surface area contributed by atoms with Gasteiger partial charge in [-0.1, -0.05) is 18.6 Å². The van der Waals surface area contributed by atoms with E-state index in [0.717, 1.165) is 35.9 Å². The Morgan fingerprint density at radius 3 is 2.68 bits per heavy atom. The van der Waals surface area contributed by atoms with Gasteiger partial charge < -0.3 is 10.3 Å². The zero-order chi connectivity index (χ0) is 25.6. The fraction of sp³-hybridized carbons (Fsp3) is 0.143. The molecular formula is C28H21FN8O. The van der Waals surface area contributed by atoms with Gasteiger partial charge in [-0.05, 0) is 49.2 Å². The number of imidazole rings is 1. The minimum absolute atomic E-state index is 0.0349. The van der Waals surface area contributed by atoms with Crippen LogP contribution in [0, 0.1) is 11.7 Å². The first-order chi connectivity index (χ1) is 18.6. The monoisotopic (exact) mass is 504 g/mol. The Kier molecular flexibility index (Phi) is 5.17. The second-order valence-corrected chi connectivity index (χ2v) is 9.40. The number of anilines is 1. The van der Waals surface area contributed by atoms with Gasteiger partial charge in [0.05, 0.1) is 34.3 Å². The zero-order valence-corrected chi connectivity index (χ0v) is 20.1. The maximum atomic E-state index is 13.9. The van der Waals surface area contributed by atoms with E-state index in [0.29, 0.717) is 45.2 Å². The summed E-state index contributed by atoms with van der Waals surface area (Å²) in [6.07, 6.45) is 7.98. The van der Waals surface area contributed by atoms with Crippen LogP contribution in [0.25, 0.3) is 56.1 Å². The maximum Gasteiger partial charge on any atom is 0.227 e. The summed E-state index contributed by atoms with van der Waals surface area (Å²) in [4.78, 5) is 34.1. The lowest BCUT2D eigenvalue weighted by Crippen LogP contribution is -2.28. The van der Waals surface area contributed by atoms with Crippen molar-refractivity contribution in [1.82, 2.24) is 35.1 Å². The van der Waals surface area contributed by atoms with E-state index in [-0.39, 0.29) is 17.6 Å². The highest BCUT2D eigenvalue weighted by atomic mass is 19.1. The van der Waals surface area contributed by atoms with Crippen molar-refractivity contribution >= 4 is 33.7 Å². The van der Waals surface area contributed by atoms with E-state index in [1.807, 2.05) is 24.3 Å². The number of rotatable bonds is 5. The third-order valence-corrected chi connectivity index (χ3v) is 6.91. The lowest BCUT2D eigenvalue weighted by atomic mass is 9.85. The number of fused-ring (bicyclic) bond motifs is 2. The van der Waals surface area contributed by atoms with Crippen molar-refractivity contribution < 1.29 is 9.18 Å². The van der Waals surface area contributed by atoms with Gasteiger partial charge in [-0.3, -0.25) is 19.9 Å². The van der Waals surface area contributed by atoms with Crippen molar-refractivity contribution in [3.05, 3.63) is 72.9 Å². The van der Waals surface area contributed by atoms with Gasteiger partial charge >= 0.3 is 0 Å². The first-order valence-electron chi connectivity index (χ1n) is 12.3. The van der Waals surface area contributed by atoms with Crippen molar-refractivity contribution in [2.45, 2.75) is 19.3 Å². The smallest absolute Gasteiger partial charge is 0.227 e. The van der Waals surface area contributed by atoms with Gasteiger partial charge in [0, 0.05) is 29.4 Å². The van der Waals surface area contributed by atoms with Gasteiger partial charge in [-0.15, -0.1) is 0 Å². The minimum atomic E-state index is -0.340. The van der Waals surface area contributed by atoms with Crippen LogP contribution < -0.4 is 5.32 Å². The summed E-state index contributed by atoms with van der Waals surface area (Å²) in [7, 11) is 0. The molecule has 9 nitrogen and oxygen atoms in total. The summed E-state index contributed by atoms with van der Waals surface area (Å²) in [5.41, 5.74) is 6.59. The summed E-state index contributed by atoms with van der Waals surface area (Å²) in [6.45, 7) is 0. The molecule has 38 heavy (non-hydrogen) atoms. The summed E-state index contributed by atoms with van der Waals surface area (Å²) in [6, 6.07) is 13.7. The Hall–Kier alpha value is -4.99. The Morgan fingerprint density at radius 1 is 0.947 bits per heavy atom. The van der Waals surface area contributed by atoms with Crippen LogP contribution in [0.2, 0.25) is 0 Å². The third kappa shape index (κ3) is 3.86. The van der Waals surface area contributed by atoms with Gasteiger partial charge in [0.2, 0.25) is 5.91 Å². The number of halogens is 1. The highest BCUT2D eigenvalue weighted by Gasteiger charge is 2.25. The van der Waals surface area contributed by atoms with Crippen molar-refractivity contribution in [2.75, 3.05) is 5.32 Å². The number of benzene rings is 1. The van der Waals surface area contributed by atoms with Gasteiger partial charge in [-0.2, -0.15) is 5.10 Å². The van der Waals surface area contributed by atoms with Crippen LogP contribution in [0.3, 0.4) is 0 Å². The fourth-order valence-electron chi connectivity index (χ4n) is 4.68. The van der Waals surface area contributed by atoms with Crippen LogP contribution in [0.5, 0.6) is 0 Å². The normalized spacial score (nSPS) is 13.6. The topological polar surface area (TPSA) is 125 Å². The molecule has 1 amide bonds. The molecule has 0 radical (unpaired) electrons. The van der Waals surface area contributed by atoms with Gasteiger partial charge in [-0.25, -0.2) is 14.4 Å². The molecule has 10 heteroatoms. The molecule has 6 aromatic rings. The van der Waals surface area contributed by atoms with Gasteiger partial charge in [0.15, 0.2) is 11.5 Å². The number of hydrogen-bond acceptors (Lipinski definition) is 6. The Labute approximate surface area is 215 Å². The van der Waals surface area contributed by atoms with Crippen molar-refractivity contribution in [1.29, 1.82) is 0 Å². The second-order valence-electron chi connectivity index (χ2n) is 9.40. The first-order valence-corrected chi connectivity index (χ1v) is 12.3. The molecule has 0 bridgehead atoms. The van der Waals surface area contributed by atoms with Crippen LogP contribution in [0.1, 0.15) is 19.3 Å².